The van der Waals surface area contributed by atoms with Crippen molar-refractivity contribution < 1.29 is 4.79 Å². The van der Waals surface area contributed by atoms with Crippen LogP contribution in [-0.2, 0) is 4.79 Å². The van der Waals surface area contributed by atoms with E-state index in [1.54, 1.807) is 0 Å². The maximum Gasteiger partial charge on any atom is 0.224 e. The number of pyridine rings is 1. The van der Waals surface area contributed by atoms with Crippen LogP contribution in [0.15, 0.2) is 24.5 Å². The number of amides is 1. The van der Waals surface area contributed by atoms with Crippen LogP contribution in [0.5, 0.6) is 0 Å². The molecule has 2 aliphatic rings. The molecule has 2 saturated heterocycles. The van der Waals surface area contributed by atoms with Crippen LogP contribution >= 0.6 is 24.2 Å². The molecule has 1 amide bonds. The lowest BCUT2D eigenvalue weighted by molar-refractivity contribution is -0.132. The largest absolute Gasteiger partial charge is 0.336 e. The van der Waals surface area contributed by atoms with Gasteiger partial charge in [-0.15, -0.1) is 12.4 Å². The van der Waals surface area contributed by atoms with Gasteiger partial charge in [0.15, 0.2) is 0 Å². The van der Waals surface area contributed by atoms with Crippen molar-refractivity contribution in [2.24, 2.45) is 0 Å². The van der Waals surface area contributed by atoms with E-state index < -0.39 is 0 Å². The topological polar surface area (TPSA) is 45.2 Å². The first kappa shape index (κ1) is 16.6. The molecule has 2 aliphatic heterocycles. The highest BCUT2D eigenvalue weighted by molar-refractivity contribution is 7.99. The number of nitrogens with one attached hydrogen (secondary N) is 1. The van der Waals surface area contributed by atoms with Gasteiger partial charge in [0.25, 0.3) is 0 Å². The fraction of sp³-hybridized carbons (Fsp3) is 0.600. The highest BCUT2D eigenvalue weighted by Gasteiger charge is 2.31. The Bertz CT molecular complexity index is 453. The first-order chi connectivity index (χ1) is 9.84. The van der Waals surface area contributed by atoms with Crippen LogP contribution in [0.2, 0.25) is 0 Å². The van der Waals surface area contributed by atoms with E-state index in [1.165, 1.54) is 5.56 Å². The normalized spacial score (nSPS) is 25.4. The summed E-state index contributed by atoms with van der Waals surface area (Å²) < 4.78 is 0. The quantitative estimate of drug-likeness (QED) is 0.925. The molecule has 1 aromatic heterocycles. The van der Waals surface area contributed by atoms with Gasteiger partial charge in [-0.05, 0) is 30.5 Å². The molecule has 0 bridgehead atoms. The predicted octanol–water partition coefficient (Wildman–Crippen LogP) is 2.26. The summed E-state index contributed by atoms with van der Waals surface area (Å²) in [5.41, 5.74) is 1.22. The number of thioether (sulfide) groups is 1. The molecule has 116 valence electrons. The molecule has 21 heavy (non-hydrogen) atoms. The minimum absolute atomic E-state index is 0. The van der Waals surface area contributed by atoms with Crippen molar-refractivity contribution in [3.63, 3.8) is 0 Å². The van der Waals surface area contributed by atoms with Crippen molar-refractivity contribution in [3.05, 3.63) is 30.1 Å². The Hall–Kier alpha value is -0.780. The average molecular weight is 328 g/mol. The lowest BCUT2D eigenvalue weighted by atomic mass is 10.1. The Morgan fingerprint density at radius 1 is 1.43 bits per heavy atom. The van der Waals surface area contributed by atoms with Gasteiger partial charge in [-0.25, -0.2) is 0 Å². The molecule has 0 aliphatic carbocycles. The second kappa shape index (κ2) is 8.01. The minimum Gasteiger partial charge on any atom is -0.336 e. The standard InChI is InChI=1S/C15H21N3OS.ClH/c19-15(10-13-11-20-9-7-17-13)18-8-1-2-14(18)12-3-5-16-6-4-12;/h3-6,13-14,17H,1-2,7-11H2;1H. The average Bonchev–Trinajstić information content (AvgIpc) is 2.99. The summed E-state index contributed by atoms with van der Waals surface area (Å²) in [6, 6.07) is 4.66. The van der Waals surface area contributed by atoms with Gasteiger partial charge in [0, 0.05) is 49.5 Å². The molecular weight excluding hydrogens is 306 g/mol. The maximum atomic E-state index is 12.6. The van der Waals surface area contributed by atoms with Crippen molar-refractivity contribution >= 4 is 30.1 Å². The molecule has 0 saturated carbocycles. The Balaban J connectivity index is 0.00000161. The molecule has 6 heteroatoms. The predicted molar refractivity (Wildman–Crippen MR) is 88.9 cm³/mol. The van der Waals surface area contributed by atoms with Gasteiger partial charge in [0.2, 0.25) is 5.91 Å². The second-order valence-corrected chi connectivity index (χ2v) is 6.61. The van der Waals surface area contributed by atoms with Crippen molar-refractivity contribution in [2.45, 2.75) is 31.3 Å². The van der Waals surface area contributed by atoms with Gasteiger partial charge in [-0.3, -0.25) is 9.78 Å². The van der Waals surface area contributed by atoms with Gasteiger partial charge in [0.1, 0.15) is 0 Å². The molecule has 2 atom stereocenters. The van der Waals surface area contributed by atoms with Crippen LogP contribution < -0.4 is 5.32 Å². The summed E-state index contributed by atoms with van der Waals surface area (Å²) >= 11 is 1.94. The smallest absolute Gasteiger partial charge is 0.224 e. The molecule has 3 rings (SSSR count). The molecule has 0 spiro atoms. The first-order valence-corrected chi connectivity index (χ1v) is 8.50. The molecule has 3 heterocycles. The zero-order valence-electron chi connectivity index (χ0n) is 12.0. The number of halogens is 1. The third-order valence-electron chi connectivity index (χ3n) is 4.08. The Morgan fingerprint density at radius 2 is 2.24 bits per heavy atom. The van der Waals surface area contributed by atoms with Gasteiger partial charge < -0.3 is 10.2 Å². The van der Waals surface area contributed by atoms with E-state index in [4.69, 9.17) is 0 Å². The van der Waals surface area contributed by atoms with E-state index in [0.29, 0.717) is 18.4 Å². The zero-order chi connectivity index (χ0) is 13.8. The highest BCUT2D eigenvalue weighted by atomic mass is 35.5. The molecule has 0 aromatic carbocycles. The third kappa shape index (κ3) is 4.11. The monoisotopic (exact) mass is 327 g/mol. The van der Waals surface area contributed by atoms with Gasteiger partial charge in [0.05, 0.1) is 6.04 Å². The number of hydrogen-bond acceptors (Lipinski definition) is 4. The number of rotatable bonds is 3. The van der Waals surface area contributed by atoms with Crippen LogP contribution in [0.25, 0.3) is 0 Å². The van der Waals surface area contributed by atoms with Crippen molar-refractivity contribution in [1.29, 1.82) is 0 Å². The Morgan fingerprint density at radius 3 is 2.95 bits per heavy atom. The van der Waals surface area contributed by atoms with Crippen LogP contribution in [-0.4, -0.2) is 46.4 Å². The summed E-state index contributed by atoms with van der Waals surface area (Å²) in [7, 11) is 0. The number of hydrogen-bond donors (Lipinski definition) is 1. The Kier molecular flexibility index (Phi) is 6.33. The molecule has 4 nitrogen and oxygen atoms in total. The van der Waals surface area contributed by atoms with E-state index in [0.717, 1.165) is 37.4 Å². The molecule has 1 aromatic rings. The Labute approximate surface area is 136 Å². The van der Waals surface area contributed by atoms with Gasteiger partial charge in [-0.1, -0.05) is 0 Å². The van der Waals surface area contributed by atoms with Gasteiger partial charge >= 0.3 is 0 Å². The van der Waals surface area contributed by atoms with Crippen LogP contribution in [0.4, 0.5) is 0 Å². The fourth-order valence-electron chi connectivity index (χ4n) is 3.08. The summed E-state index contributed by atoms with van der Waals surface area (Å²) in [6.45, 7) is 1.92. The number of nitrogens with zero attached hydrogens (tertiary/aromatic N) is 2. The second-order valence-electron chi connectivity index (χ2n) is 5.46. The van der Waals surface area contributed by atoms with E-state index in [-0.39, 0.29) is 18.4 Å². The van der Waals surface area contributed by atoms with Crippen LogP contribution in [0.3, 0.4) is 0 Å². The minimum atomic E-state index is 0. The molecule has 2 fully saturated rings. The number of carbonyl (C=O) groups excluding carboxylic acids is 1. The summed E-state index contributed by atoms with van der Waals surface area (Å²) in [6.07, 6.45) is 6.44. The zero-order valence-corrected chi connectivity index (χ0v) is 13.7. The van der Waals surface area contributed by atoms with E-state index in [1.807, 2.05) is 36.3 Å². The lowest BCUT2D eigenvalue weighted by Gasteiger charge is -2.29. The molecule has 2 unspecified atom stereocenters. The number of aromatic nitrogens is 1. The molecular formula is C15H22ClN3OS. The van der Waals surface area contributed by atoms with Crippen molar-refractivity contribution in [1.82, 2.24) is 15.2 Å². The highest BCUT2D eigenvalue weighted by Crippen LogP contribution is 2.32. The van der Waals surface area contributed by atoms with E-state index in [9.17, 15) is 4.79 Å². The summed E-state index contributed by atoms with van der Waals surface area (Å²) in [5, 5.41) is 3.45. The van der Waals surface area contributed by atoms with Crippen LogP contribution in [0, 0.1) is 0 Å². The van der Waals surface area contributed by atoms with Crippen LogP contribution in [0.1, 0.15) is 30.9 Å². The molecule has 0 radical (unpaired) electrons. The summed E-state index contributed by atoms with van der Waals surface area (Å²) in [5.74, 6) is 2.51. The molecule has 1 N–H and O–H groups in total. The van der Waals surface area contributed by atoms with Crippen molar-refractivity contribution in [3.8, 4) is 0 Å². The first-order valence-electron chi connectivity index (χ1n) is 7.35. The number of likely N-dealkylation sites (tertiary alicyclic amines) is 1. The maximum absolute atomic E-state index is 12.6. The lowest BCUT2D eigenvalue weighted by Crippen LogP contribution is -2.42. The van der Waals surface area contributed by atoms with Crippen molar-refractivity contribution in [2.75, 3.05) is 24.6 Å². The fourth-order valence-corrected chi connectivity index (χ4v) is 4.03. The SMILES string of the molecule is Cl.O=C(CC1CSCCN1)N1CCCC1c1ccncc1. The van der Waals surface area contributed by atoms with Gasteiger partial charge in [-0.2, -0.15) is 11.8 Å². The van der Waals surface area contributed by atoms with E-state index in [2.05, 4.69) is 15.2 Å². The summed E-state index contributed by atoms with van der Waals surface area (Å²) in [4.78, 5) is 18.7. The number of carbonyl (C=O) groups is 1. The van der Waals surface area contributed by atoms with E-state index >= 15 is 0 Å². The third-order valence-corrected chi connectivity index (χ3v) is 5.21.